The molecule has 0 amide bonds. The number of rotatable bonds is 9. The first kappa shape index (κ1) is 24.0. The molecule has 0 radical (unpaired) electrons. The van der Waals surface area contributed by atoms with Gasteiger partial charge in [-0.2, -0.15) is 0 Å². The number of benzene rings is 2. The third kappa shape index (κ3) is 4.71. The summed E-state index contributed by atoms with van der Waals surface area (Å²) in [6.45, 7) is 6.40. The first-order valence-corrected chi connectivity index (χ1v) is 12.8. The highest BCUT2D eigenvalue weighted by molar-refractivity contribution is 7.92. The van der Waals surface area contributed by atoms with Gasteiger partial charge in [0.1, 0.15) is 11.9 Å². The zero-order valence-corrected chi connectivity index (χ0v) is 20.0. The number of sulfonamides is 1. The van der Waals surface area contributed by atoms with Crippen molar-refractivity contribution in [3.63, 3.8) is 0 Å². The van der Waals surface area contributed by atoms with E-state index >= 15 is 0 Å². The van der Waals surface area contributed by atoms with Gasteiger partial charge >= 0.3 is 5.97 Å². The minimum atomic E-state index is -4.03. The summed E-state index contributed by atoms with van der Waals surface area (Å²) in [6.07, 6.45) is 4.61. The van der Waals surface area contributed by atoms with Crippen LogP contribution in [0.15, 0.2) is 53.4 Å². The van der Waals surface area contributed by atoms with E-state index in [0.29, 0.717) is 30.6 Å². The van der Waals surface area contributed by atoms with Crippen molar-refractivity contribution in [2.45, 2.75) is 37.6 Å². The van der Waals surface area contributed by atoms with E-state index < -0.39 is 27.9 Å². The van der Waals surface area contributed by atoms with Crippen LogP contribution in [0.2, 0.25) is 0 Å². The topological polar surface area (TPSA) is 91.6 Å². The van der Waals surface area contributed by atoms with Crippen LogP contribution in [0, 0.1) is 5.82 Å². The largest absolute Gasteiger partial charge is 0.480 e. The fourth-order valence-corrected chi connectivity index (χ4v) is 5.70. The van der Waals surface area contributed by atoms with E-state index in [-0.39, 0.29) is 10.5 Å². The fourth-order valence-electron chi connectivity index (χ4n) is 4.46. The molecular weight excluding hydrogens is 457 g/mol. The predicted octanol–water partition coefficient (Wildman–Crippen LogP) is 4.51. The molecule has 1 atom stereocenters. The van der Waals surface area contributed by atoms with Crippen LogP contribution < -0.4 is 4.72 Å². The van der Waals surface area contributed by atoms with E-state index in [4.69, 9.17) is 0 Å². The third-order valence-corrected chi connectivity index (χ3v) is 7.72. The molecule has 9 heteroatoms. The van der Waals surface area contributed by atoms with Crippen molar-refractivity contribution in [2.75, 3.05) is 24.4 Å². The van der Waals surface area contributed by atoms with Gasteiger partial charge in [0.05, 0.1) is 16.1 Å². The van der Waals surface area contributed by atoms with E-state index in [1.165, 1.54) is 12.1 Å². The van der Waals surface area contributed by atoms with Gasteiger partial charge in [-0.1, -0.05) is 32.1 Å². The van der Waals surface area contributed by atoms with Crippen LogP contribution in [0.1, 0.15) is 37.6 Å². The van der Waals surface area contributed by atoms with Gasteiger partial charge < -0.3 is 14.6 Å². The Balaban J connectivity index is 1.66. The van der Waals surface area contributed by atoms with Crippen molar-refractivity contribution < 1.29 is 22.7 Å². The number of carboxylic acid groups (broad SMARTS) is 1. The average molecular weight is 486 g/mol. The van der Waals surface area contributed by atoms with Gasteiger partial charge in [0.2, 0.25) is 0 Å². The summed E-state index contributed by atoms with van der Waals surface area (Å²) in [4.78, 5) is 13.8. The molecule has 0 saturated heterocycles. The van der Waals surface area contributed by atoms with E-state index in [1.54, 1.807) is 28.8 Å². The van der Waals surface area contributed by atoms with Crippen LogP contribution >= 0.6 is 0 Å². The summed E-state index contributed by atoms with van der Waals surface area (Å²) in [5.74, 6) is -1.43. The minimum Gasteiger partial charge on any atom is -0.480 e. The molecule has 1 aliphatic rings. The molecule has 1 aliphatic heterocycles. The lowest BCUT2D eigenvalue weighted by molar-refractivity contribution is -0.140. The number of likely N-dealkylation sites (N-methyl/N-ethyl adjacent to an activating group) is 1. The number of anilines is 1. The Morgan fingerprint density at radius 1 is 1.21 bits per heavy atom. The van der Waals surface area contributed by atoms with E-state index in [9.17, 15) is 22.7 Å². The minimum absolute atomic E-state index is 0.0337. The molecule has 180 valence electrons. The molecule has 1 aromatic heterocycles. The van der Waals surface area contributed by atoms with Crippen LogP contribution in [0.5, 0.6) is 0 Å². The number of carboxylic acids is 1. The number of aliphatic carboxylic acids is 1. The number of fused-ring (bicyclic) bond motifs is 3. The Bertz CT molecular complexity index is 1360. The molecule has 0 spiro atoms. The third-order valence-electron chi connectivity index (χ3n) is 6.26. The molecule has 0 aliphatic carbocycles. The number of nitrogens with zero attached hydrogens (tertiary/aromatic N) is 2. The Hall–Kier alpha value is -3.17. The van der Waals surface area contributed by atoms with Gasteiger partial charge in [-0.05, 0) is 67.9 Å². The summed E-state index contributed by atoms with van der Waals surface area (Å²) in [6, 6.07) is 9.91. The van der Waals surface area contributed by atoms with Crippen LogP contribution in [0.25, 0.3) is 17.0 Å². The van der Waals surface area contributed by atoms with Crippen LogP contribution in [0.3, 0.4) is 0 Å². The summed E-state index contributed by atoms with van der Waals surface area (Å²) in [5, 5.41) is 10.4. The van der Waals surface area contributed by atoms with E-state index in [0.717, 1.165) is 30.2 Å². The number of aromatic nitrogens is 1. The number of carbonyl (C=O) groups is 1. The standard InChI is InChI=1S/C25H28FN3O4S/c1-3-28(4-2)13-5-6-18-14-19(26)8-12-24(18)34(32,33)27-20-9-7-17-15-21-10-11-22(25(30)31)29(21)23(17)16-20/h5-9,12,14-16,22,27H,3-4,10-11,13H2,1-2H3,(H,30,31). The molecule has 7 nitrogen and oxygen atoms in total. The Kier molecular flexibility index (Phi) is 6.77. The van der Waals surface area contributed by atoms with Crippen molar-refractivity contribution in [2.24, 2.45) is 0 Å². The summed E-state index contributed by atoms with van der Waals surface area (Å²) in [7, 11) is -4.03. The second kappa shape index (κ2) is 9.60. The molecule has 0 bridgehead atoms. The van der Waals surface area contributed by atoms with Crippen LogP contribution in [-0.2, 0) is 21.2 Å². The first-order chi connectivity index (χ1) is 16.2. The first-order valence-electron chi connectivity index (χ1n) is 11.3. The Morgan fingerprint density at radius 2 is 1.97 bits per heavy atom. The number of hydrogen-bond acceptors (Lipinski definition) is 4. The summed E-state index contributed by atoms with van der Waals surface area (Å²) in [5.41, 5.74) is 2.15. The highest BCUT2D eigenvalue weighted by Crippen LogP contribution is 2.35. The van der Waals surface area contributed by atoms with Gasteiger partial charge in [-0.3, -0.25) is 4.72 Å². The molecule has 1 unspecified atom stereocenters. The van der Waals surface area contributed by atoms with Crippen molar-refractivity contribution in [1.82, 2.24) is 9.47 Å². The van der Waals surface area contributed by atoms with Crippen molar-refractivity contribution in [3.05, 3.63) is 65.6 Å². The van der Waals surface area contributed by atoms with Crippen molar-refractivity contribution >= 4 is 38.7 Å². The highest BCUT2D eigenvalue weighted by atomic mass is 32.2. The normalized spacial score (nSPS) is 15.9. The SMILES string of the molecule is CCN(CC)CC=Cc1cc(F)ccc1S(=O)(=O)Nc1ccc2cc3n(c2c1)C(C(=O)O)CC3. The maximum absolute atomic E-state index is 13.9. The molecule has 2 heterocycles. The fraction of sp³-hybridized carbons (Fsp3) is 0.320. The monoisotopic (exact) mass is 485 g/mol. The molecule has 0 fully saturated rings. The average Bonchev–Trinajstić information content (AvgIpc) is 3.36. The second-order valence-electron chi connectivity index (χ2n) is 8.35. The molecule has 3 aromatic rings. The van der Waals surface area contributed by atoms with Gasteiger partial charge in [0.25, 0.3) is 10.0 Å². The van der Waals surface area contributed by atoms with Crippen LogP contribution in [-0.4, -0.2) is 48.6 Å². The lowest BCUT2D eigenvalue weighted by Gasteiger charge is -2.15. The van der Waals surface area contributed by atoms with Crippen LogP contribution in [0.4, 0.5) is 10.1 Å². The lowest BCUT2D eigenvalue weighted by atomic mass is 10.1. The molecular formula is C25H28FN3O4S. The zero-order chi connectivity index (χ0) is 24.5. The molecule has 0 saturated carbocycles. The molecule has 4 rings (SSSR count). The molecule has 2 N–H and O–H groups in total. The predicted molar refractivity (Wildman–Crippen MR) is 131 cm³/mol. The van der Waals surface area contributed by atoms with Gasteiger partial charge in [-0.25, -0.2) is 17.6 Å². The highest BCUT2D eigenvalue weighted by Gasteiger charge is 2.30. The van der Waals surface area contributed by atoms with Gasteiger partial charge in [0.15, 0.2) is 0 Å². The van der Waals surface area contributed by atoms with Crippen molar-refractivity contribution in [3.8, 4) is 0 Å². The maximum Gasteiger partial charge on any atom is 0.326 e. The maximum atomic E-state index is 13.9. The van der Waals surface area contributed by atoms with Crippen molar-refractivity contribution in [1.29, 1.82) is 0 Å². The quantitative estimate of drug-likeness (QED) is 0.465. The molecule has 2 aromatic carbocycles. The van der Waals surface area contributed by atoms with Gasteiger partial charge in [0, 0.05) is 17.6 Å². The smallest absolute Gasteiger partial charge is 0.326 e. The second-order valence-corrected chi connectivity index (χ2v) is 10.00. The van der Waals surface area contributed by atoms with Gasteiger partial charge in [-0.15, -0.1) is 0 Å². The molecule has 34 heavy (non-hydrogen) atoms. The Labute approximate surface area is 198 Å². The van der Waals surface area contributed by atoms with E-state index in [1.807, 2.05) is 26.0 Å². The Morgan fingerprint density at radius 3 is 2.68 bits per heavy atom. The summed E-state index contributed by atoms with van der Waals surface area (Å²) >= 11 is 0. The number of aryl methyl sites for hydroxylation is 1. The number of hydrogen-bond donors (Lipinski definition) is 2. The zero-order valence-electron chi connectivity index (χ0n) is 19.2. The summed E-state index contributed by atoms with van der Waals surface area (Å²) < 4.78 is 44.8. The van der Waals surface area contributed by atoms with E-state index in [2.05, 4.69) is 9.62 Å². The number of halogens is 1. The number of nitrogens with one attached hydrogen (secondary N) is 1. The lowest BCUT2D eigenvalue weighted by Crippen LogP contribution is -2.22.